The molecule has 0 atom stereocenters. The summed E-state index contributed by atoms with van der Waals surface area (Å²) in [6.45, 7) is 1.75. The van der Waals surface area contributed by atoms with Gasteiger partial charge in [0.2, 0.25) is 0 Å². The van der Waals surface area contributed by atoms with Crippen molar-refractivity contribution >= 4 is 28.8 Å². The Morgan fingerprint density at radius 1 is 0.848 bits per heavy atom. The first-order valence-electron chi connectivity index (χ1n) is 9.71. The van der Waals surface area contributed by atoms with Crippen molar-refractivity contribution in [2.75, 3.05) is 10.2 Å². The summed E-state index contributed by atoms with van der Waals surface area (Å²) < 4.78 is 54.5. The minimum atomic E-state index is -4.84. The van der Waals surface area contributed by atoms with Gasteiger partial charge in [-0.05, 0) is 60.5 Å². The Morgan fingerprint density at radius 3 is 2.09 bits per heavy atom. The number of para-hydroxylation sites is 1. The quantitative estimate of drug-likeness (QED) is 0.411. The molecular formula is C24H16F4N2O3. The van der Waals surface area contributed by atoms with Crippen molar-refractivity contribution in [1.82, 2.24) is 0 Å². The molecule has 1 aliphatic heterocycles. The van der Waals surface area contributed by atoms with E-state index in [2.05, 4.69) is 10.1 Å². The van der Waals surface area contributed by atoms with Crippen molar-refractivity contribution in [3.8, 4) is 5.75 Å². The number of amides is 2. The molecule has 0 saturated heterocycles. The molecule has 0 saturated carbocycles. The Hall–Kier alpha value is -4.14. The molecule has 168 valence electrons. The van der Waals surface area contributed by atoms with E-state index in [4.69, 9.17) is 0 Å². The van der Waals surface area contributed by atoms with Crippen LogP contribution in [0.25, 0.3) is 5.57 Å². The van der Waals surface area contributed by atoms with Crippen molar-refractivity contribution in [2.45, 2.75) is 13.3 Å². The predicted molar refractivity (Wildman–Crippen MR) is 114 cm³/mol. The summed E-state index contributed by atoms with van der Waals surface area (Å²) in [6.07, 6.45) is -4.84. The van der Waals surface area contributed by atoms with Gasteiger partial charge in [-0.25, -0.2) is 9.29 Å². The number of benzene rings is 3. The third-order valence-electron chi connectivity index (χ3n) is 4.93. The van der Waals surface area contributed by atoms with Crippen LogP contribution in [0.15, 0.2) is 78.5 Å². The normalized spacial score (nSPS) is 14.2. The number of halogens is 4. The Morgan fingerprint density at radius 2 is 1.48 bits per heavy atom. The average molecular weight is 456 g/mol. The van der Waals surface area contributed by atoms with Gasteiger partial charge in [-0.2, -0.15) is 0 Å². The highest BCUT2D eigenvalue weighted by atomic mass is 19.4. The number of nitrogens with one attached hydrogen (secondary N) is 1. The van der Waals surface area contributed by atoms with Crippen LogP contribution in [0.4, 0.5) is 28.9 Å². The van der Waals surface area contributed by atoms with Gasteiger partial charge in [-0.3, -0.25) is 9.59 Å². The van der Waals surface area contributed by atoms with E-state index < -0.39 is 29.7 Å². The smallest absolute Gasteiger partial charge is 0.406 e. The first-order chi connectivity index (χ1) is 15.6. The standard InChI is InChI=1S/C24H16F4N2O3/c1-14-4-2-3-5-19(14)30-22(31)20(15-6-8-16(25)9-7-15)21(23(30)32)29-17-10-12-18(13-11-17)33-24(26,27)28/h2-13,29H,1H3. The van der Waals surface area contributed by atoms with E-state index in [1.165, 1.54) is 24.3 Å². The van der Waals surface area contributed by atoms with Gasteiger partial charge in [-0.1, -0.05) is 30.3 Å². The van der Waals surface area contributed by atoms with Crippen LogP contribution >= 0.6 is 0 Å². The topological polar surface area (TPSA) is 58.6 Å². The number of hydrogen-bond acceptors (Lipinski definition) is 4. The number of aryl methyl sites for hydroxylation is 1. The largest absolute Gasteiger partial charge is 0.573 e. The summed E-state index contributed by atoms with van der Waals surface area (Å²) in [6, 6.07) is 16.6. The molecule has 1 aliphatic rings. The van der Waals surface area contributed by atoms with Crippen LogP contribution in [0.3, 0.4) is 0 Å². The predicted octanol–water partition coefficient (Wildman–Crippen LogP) is 5.43. The van der Waals surface area contributed by atoms with Crippen molar-refractivity contribution in [2.24, 2.45) is 0 Å². The van der Waals surface area contributed by atoms with Gasteiger partial charge in [0.15, 0.2) is 0 Å². The molecule has 9 heteroatoms. The SMILES string of the molecule is Cc1ccccc1N1C(=O)C(Nc2ccc(OC(F)(F)F)cc2)=C(c2ccc(F)cc2)C1=O. The van der Waals surface area contributed by atoms with E-state index in [0.29, 0.717) is 16.8 Å². The fraction of sp³-hybridized carbons (Fsp3) is 0.0833. The van der Waals surface area contributed by atoms with Crippen LogP contribution in [-0.2, 0) is 9.59 Å². The lowest BCUT2D eigenvalue weighted by atomic mass is 10.0. The van der Waals surface area contributed by atoms with Crippen molar-refractivity contribution in [1.29, 1.82) is 0 Å². The lowest BCUT2D eigenvalue weighted by Gasteiger charge is -2.17. The first kappa shape index (κ1) is 22.1. The number of alkyl halides is 3. The summed E-state index contributed by atoms with van der Waals surface area (Å²) in [7, 11) is 0. The molecule has 0 aliphatic carbocycles. The first-order valence-corrected chi connectivity index (χ1v) is 9.71. The number of rotatable bonds is 5. The molecule has 4 rings (SSSR count). The molecule has 1 heterocycles. The minimum Gasteiger partial charge on any atom is -0.406 e. The highest BCUT2D eigenvalue weighted by molar-refractivity contribution is 6.46. The van der Waals surface area contributed by atoms with Crippen LogP contribution in [0.1, 0.15) is 11.1 Å². The second-order valence-corrected chi connectivity index (χ2v) is 7.19. The maximum atomic E-state index is 13.5. The van der Waals surface area contributed by atoms with Gasteiger partial charge in [-0.15, -0.1) is 13.2 Å². The minimum absolute atomic E-state index is 0.0128. The molecule has 33 heavy (non-hydrogen) atoms. The van der Waals surface area contributed by atoms with Crippen molar-refractivity contribution in [3.05, 3.63) is 95.4 Å². The van der Waals surface area contributed by atoms with Gasteiger partial charge in [0.25, 0.3) is 11.8 Å². The number of carbonyl (C=O) groups is 2. The monoisotopic (exact) mass is 456 g/mol. The highest BCUT2D eigenvalue weighted by Crippen LogP contribution is 2.35. The maximum absolute atomic E-state index is 13.5. The molecular weight excluding hydrogens is 440 g/mol. The van der Waals surface area contributed by atoms with Crippen LogP contribution in [0.5, 0.6) is 5.75 Å². The van der Waals surface area contributed by atoms with E-state index in [1.807, 2.05) is 0 Å². The van der Waals surface area contributed by atoms with E-state index in [1.54, 1.807) is 31.2 Å². The van der Waals surface area contributed by atoms with E-state index in [-0.39, 0.29) is 17.0 Å². The lowest BCUT2D eigenvalue weighted by molar-refractivity contribution is -0.274. The Bertz CT molecular complexity index is 1250. The Balaban J connectivity index is 1.74. The van der Waals surface area contributed by atoms with Gasteiger partial charge in [0, 0.05) is 5.69 Å². The third-order valence-corrected chi connectivity index (χ3v) is 4.93. The van der Waals surface area contributed by atoms with Crippen molar-refractivity contribution in [3.63, 3.8) is 0 Å². The number of hydrogen-bond donors (Lipinski definition) is 1. The molecule has 0 unspecified atom stereocenters. The lowest BCUT2D eigenvalue weighted by Crippen LogP contribution is -2.33. The van der Waals surface area contributed by atoms with Gasteiger partial charge in [0.1, 0.15) is 17.3 Å². The zero-order valence-electron chi connectivity index (χ0n) is 17.1. The second kappa shape index (κ2) is 8.42. The fourth-order valence-electron chi connectivity index (χ4n) is 3.45. The number of carbonyl (C=O) groups excluding carboxylic acids is 2. The highest BCUT2D eigenvalue weighted by Gasteiger charge is 2.40. The van der Waals surface area contributed by atoms with Crippen LogP contribution in [0.2, 0.25) is 0 Å². The summed E-state index contributed by atoms with van der Waals surface area (Å²) in [5.74, 6) is -2.21. The molecule has 3 aromatic carbocycles. The zero-order chi connectivity index (χ0) is 23.8. The Labute approximate surface area is 185 Å². The molecule has 3 aromatic rings. The molecule has 2 amide bonds. The summed E-state index contributed by atoms with van der Waals surface area (Å²) in [5, 5.41) is 2.83. The number of ether oxygens (including phenoxy) is 1. The number of nitrogens with zero attached hydrogens (tertiary/aromatic N) is 1. The van der Waals surface area contributed by atoms with E-state index in [0.717, 1.165) is 29.2 Å². The number of anilines is 2. The molecule has 0 radical (unpaired) electrons. The summed E-state index contributed by atoms with van der Waals surface area (Å²) in [4.78, 5) is 27.7. The van der Waals surface area contributed by atoms with Crippen molar-refractivity contribution < 1.29 is 31.9 Å². The summed E-state index contributed by atoms with van der Waals surface area (Å²) in [5.41, 5.74) is 1.57. The number of imide groups is 1. The van der Waals surface area contributed by atoms with Gasteiger partial charge in [0.05, 0.1) is 11.3 Å². The molecule has 0 fully saturated rings. The zero-order valence-corrected chi connectivity index (χ0v) is 17.1. The average Bonchev–Trinajstić information content (AvgIpc) is 2.99. The van der Waals surface area contributed by atoms with E-state index in [9.17, 15) is 27.2 Å². The molecule has 0 aromatic heterocycles. The fourth-order valence-corrected chi connectivity index (χ4v) is 3.45. The van der Waals surface area contributed by atoms with Crippen LogP contribution in [0, 0.1) is 12.7 Å². The molecule has 1 N–H and O–H groups in total. The van der Waals surface area contributed by atoms with Gasteiger partial charge >= 0.3 is 6.36 Å². The molecule has 0 spiro atoms. The second-order valence-electron chi connectivity index (χ2n) is 7.19. The summed E-state index contributed by atoms with van der Waals surface area (Å²) >= 11 is 0. The third kappa shape index (κ3) is 4.57. The molecule has 5 nitrogen and oxygen atoms in total. The molecule has 0 bridgehead atoms. The van der Waals surface area contributed by atoms with Crippen LogP contribution < -0.4 is 15.0 Å². The van der Waals surface area contributed by atoms with Gasteiger partial charge < -0.3 is 10.1 Å². The Kier molecular flexibility index (Phi) is 5.63. The van der Waals surface area contributed by atoms with E-state index >= 15 is 0 Å². The maximum Gasteiger partial charge on any atom is 0.573 e. The van der Waals surface area contributed by atoms with Crippen LogP contribution in [-0.4, -0.2) is 18.2 Å².